The largest absolute Gasteiger partial charge is 0.484 e. The molecule has 0 saturated carbocycles. The molecule has 0 fully saturated rings. The number of amides is 1. The fraction of sp³-hybridized carbons (Fsp3) is 0.385. The monoisotopic (exact) mass is 305 g/mol. The third-order valence-corrected chi connectivity index (χ3v) is 2.42. The summed E-state index contributed by atoms with van der Waals surface area (Å²) < 4.78 is 42.3. The van der Waals surface area contributed by atoms with Crippen LogP contribution < -0.4 is 10.1 Å². The number of alkyl halides is 3. The molecular formula is C13H14F3NO4. The van der Waals surface area contributed by atoms with Crippen LogP contribution in [0, 0.1) is 0 Å². The minimum atomic E-state index is -4.47. The zero-order valence-corrected chi connectivity index (χ0v) is 10.9. The van der Waals surface area contributed by atoms with Crippen LogP contribution in [0.1, 0.15) is 18.4 Å². The Morgan fingerprint density at radius 1 is 1.29 bits per heavy atom. The molecule has 1 aromatic carbocycles. The number of carboxylic acid groups (broad SMARTS) is 1. The minimum absolute atomic E-state index is 0.0643. The van der Waals surface area contributed by atoms with Gasteiger partial charge in [-0.2, -0.15) is 13.2 Å². The van der Waals surface area contributed by atoms with Gasteiger partial charge in [0.1, 0.15) is 5.75 Å². The molecule has 116 valence electrons. The van der Waals surface area contributed by atoms with Crippen LogP contribution in [0.15, 0.2) is 24.3 Å². The highest BCUT2D eigenvalue weighted by Gasteiger charge is 2.30. The summed E-state index contributed by atoms with van der Waals surface area (Å²) in [6, 6.07) is 4.20. The number of nitrogens with one attached hydrogen (secondary N) is 1. The van der Waals surface area contributed by atoms with Crippen molar-refractivity contribution in [3.63, 3.8) is 0 Å². The van der Waals surface area contributed by atoms with E-state index in [1.54, 1.807) is 0 Å². The number of ether oxygens (including phenoxy) is 1. The maximum absolute atomic E-state index is 12.5. The normalized spacial score (nSPS) is 11.0. The van der Waals surface area contributed by atoms with Gasteiger partial charge in [-0.05, 0) is 24.6 Å². The van der Waals surface area contributed by atoms with Crippen molar-refractivity contribution < 1.29 is 32.6 Å². The topological polar surface area (TPSA) is 75.6 Å². The summed E-state index contributed by atoms with van der Waals surface area (Å²) in [5.74, 6) is -1.56. The second kappa shape index (κ2) is 7.51. The first-order valence-corrected chi connectivity index (χ1v) is 6.07. The second-order valence-corrected chi connectivity index (χ2v) is 4.16. The SMILES string of the molecule is O=C(O)CCCNC(=O)COc1cccc(C(F)(F)F)c1. The predicted octanol–water partition coefficient (Wildman–Crippen LogP) is 2.07. The highest BCUT2D eigenvalue weighted by molar-refractivity contribution is 5.77. The molecule has 1 aromatic rings. The summed E-state index contributed by atoms with van der Waals surface area (Å²) in [6.07, 6.45) is -4.28. The van der Waals surface area contributed by atoms with Crippen molar-refractivity contribution in [3.05, 3.63) is 29.8 Å². The van der Waals surface area contributed by atoms with E-state index in [4.69, 9.17) is 9.84 Å². The van der Waals surface area contributed by atoms with Crippen LogP contribution in [0.2, 0.25) is 0 Å². The molecule has 0 aliphatic rings. The zero-order valence-electron chi connectivity index (χ0n) is 10.9. The summed E-state index contributed by atoms with van der Waals surface area (Å²) >= 11 is 0. The second-order valence-electron chi connectivity index (χ2n) is 4.16. The van der Waals surface area contributed by atoms with E-state index >= 15 is 0 Å². The molecule has 0 aromatic heterocycles. The molecule has 0 spiro atoms. The van der Waals surface area contributed by atoms with Crippen LogP contribution in [-0.2, 0) is 15.8 Å². The Kier molecular flexibility index (Phi) is 6.01. The van der Waals surface area contributed by atoms with Crippen LogP contribution in [-0.4, -0.2) is 30.1 Å². The van der Waals surface area contributed by atoms with Crippen molar-refractivity contribution in [2.45, 2.75) is 19.0 Å². The Labute approximate surface area is 118 Å². The molecule has 0 aliphatic heterocycles. The number of halogens is 3. The molecule has 0 unspecified atom stereocenters. The van der Waals surface area contributed by atoms with Gasteiger partial charge in [0.25, 0.3) is 5.91 Å². The average Bonchev–Trinajstić information content (AvgIpc) is 2.40. The van der Waals surface area contributed by atoms with Crippen LogP contribution in [0.25, 0.3) is 0 Å². The Morgan fingerprint density at radius 3 is 2.62 bits per heavy atom. The molecule has 21 heavy (non-hydrogen) atoms. The lowest BCUT2D eigenvalue weighted by atomic mass is 10.2. The summed E-state index contributed by atoms with van der Waals surface area (Å²) in [6.45, 7) is -0.272. The van der Waals surface area contributed by atoms with E-state index in [0.717, 1.165) is 12.1 Å². The fourth-order valence-corrected chi connectivity index (χ4v) is 1.43. The highest BCUT2D eigenvalue weighted by Crippen LogP contribution is 2.31. The van der Waals surface area contributed by atoms with E-state index in [-0.39, 0.29) is 25.1 Å². The van der Waals surface area contributed by atoms with Crippen LogP contribution in [0.4, 0.5) is 13.2 Å². The molecule has 2 N–H and O–H groups in total. The standard InChI is InChI=1S/C13H14F3NO4/c14-13(15,16)9-3-1-4-10(7-9)21-8-11(18)17-6-2-5-12(19)20/h1,3-4,7H,2,5-6,8H2,(H,17,18)(H,19,20). The van der Waals surface area contributed by atoms with E-state index in [1.165, 1.54) is 12.1 Å². The molecule has 0 heterocycles. The number of hydrogen-bond donors (Lipinski definition) is 2. The molecule has 0 aliphatic carbocycles. The number of carboxylic acids is 1. The molecule has 5 nitrogen and oxygen atoms in total. The van der Waals surface area contributed by atoms with Gasteiger partial charge in [0.15, 0.2) is 6.61 Å². The van der Waals surface area contributed by atoms with Gasteiger partial charge in [0.05, 0.1) is 5.56 Å². The Morgan fingerprint density at radius 2 is 2.00 bits per heavy atom. The lowest BCUT2D eigenvalue weighted by Gasteiger charge is -2.10. The molecule has 8 heteroatoms. The summed E-state index contributed by atoms with van der Waals surface area (Å²) in [5.41, 5.74) is -0.859. The maximum Gasteiger partial charge on any atom is 0.416 e. The lowest BCUT2D eigenvalue weighted by molar-refractivity contribution is -0.138. The van der Waals surface area contributed by atoms with Gasteiger partial charge in [-0.1, -0.05) is 6.07 Å². The zero-order chi connectivity index (χ0) is 15.9. The molecule has 0 atom stereocenters. The number of carbonyl (C=O) groups excluding carboxylic acids is 1. The molecule has 0 bridgehead atoms. The number of benzene rings is 1. The predicted molar refractivity (Wildman–Crippen MR) is 66.8 cm³/mol. The summed E-state index contributed by atoms with van der Waals surface area (Å²) in [5, 5.41) is 10.8. The highest BCUT2D eigenvalue weighted by atomic mass is 19.4. The fourth-order valence-electron chi connectivity index (χ4n) is 1.43. The Hall–Kier alpha value is -2.25. The van der Waals surface area contributed by atoms with Gasteiger partial charge < -0.3 is 15.2 Å². The van der Waals surface area contributed by atoms with Crippen LogP contribution >= 0.6 is 0 Å². The molecule has 0 saturated heterocycles. The van der Waals surface area contributed by atoms with E-state index in [1.807, 2.05) is 0 Å². The van der Waals surface area contributed by atoms with Gasteiger partial charge in [0.2, 0.25) is 0 Å². The quantitative estimate of drug-likeness (QED) is 0.756. The third-order valence-electron chi connectivity index (χ3n) is 2.42. The van der Waals surface area contributed by atoms with Gasteiger partial charge >= 0.3 is 12.1 Å². The Bertz CT molecular complexity index is 502. The lowest BCUT2D eigenvalue weighted by Crippen LogP contribution is -2.30. The maximum atomic E-state index is 12.5. The first-order valence-electron chi connectivity index (χ1n) is 6.07. The Balaban J connectivity index is 2.38. The van der Waals surface area contributed by atoms with E-state index in [0.29, 0.717) is 0 Å². The van der Waals surface area contributed by atoms with Gasteiger partial charge in [-0.15, -0.1) is 0 Å². The van der Waals surface area contributed by atoms with E-state index in [2.05, 4.69) is 5.32 Å². The minimum Gasteiger partial charge on any atom is -0.484 e. The van der Waals surface area contributed by atoms with Crippen molar-refractivity contribution in [1.82, 2.24) is 5.32 Å². The van der Waals surface area contributed by atoms with E-state index in [9.17, 15) is 22.8 Å². The average molecular weight is 305 g/mol. The molecule has 0 radical (unpaired) electrons. The molecule has 1 rings (SSSR count). The van der Waals surface area contributed by atoms with Crippen molar-refractivity contribution >= 4 is 11.9 Å². The third kappa shape index (κ3) is 6.64. The molecular weight excluding hydrogens is 291 g/mol. The summed E-state index contributed by atoms with van der Waals surface area (Å²) in [7, 11) is 0. The first kappa shape index (κ1) is 16.8. The number of carbonyl (C=O) groups is 2. The molecule has 1 amide bonds. The van der Waals surface area contributed by atoms with Gasteiger partial charge in [-0.3, -0.25) is 9.59 Å². The van der Waals surface area contributed by atoms with Crippen LogP contribution in [0.3, 0.4) is 0 Å². The number of hydrogen-bond acceptors (Lipinski definition) is 3. The summed E-state index contributed by atoms with van der Waals surface area (Å²) in [4.78, 5) is 21.6. The number of rotatable bonds is 7. The van der Waals surface area contributed by atoms with Crippen molar-refractivity contribution in [1.29, 1.82) is 0 Å². The first-order chi connectivity index (χ1) is 9.79. The van der Waals surface area contributed by atoms with E-state index < -0.39 is 30.2 Å². The van der Waals surface area contributed by atoms with Crippen molar-refractivity contribution in [3.8, 4) is 5.75 Å². The van der Waals surface area contributed by atoms with Crippen molar-refractivity contribution in [2.75, 3.05) is 13.2 Å². The number of aliphatic carboxylic acids is 1. The smallest absolute Gasteiger partial charge is 0.416 e. The van der Waals surface area contributed by atoms with Crippen molar-refractivity contribution in [2.24, 2.45) is 0 Å². The van der Waals surface area contributed by atoms with Crippen LogP contribution in [0.5, 0.6) is 5.75 Å². The van der Waals surface area contributed by atoms with Gasteiger partial charge in [0, 0.05) is 13.0 Å². The van der Waals surface area contributed by atoms with Gasteiger partial charge in [-0.25, -0.2) is 0 Å².